The number of para-hydroxylation sites is 1. The van der Waals surface area contributed by atoms with Gasteiger partial charge in [-0.2, -0.15) is 0 Å². The lowest BCUT2D eigenvalue weighted by atomic mass is 10.1. The zero-order valence-corrected chi connectivity index (χ0v) is 13.3. The van der Waals surface area contributed by atoms with Crippen molar-refractivity contribution in [1.82, 2.24) is 10.0 Å². The van der Waals surface area contributed by atoms with E-state index in [0.29, 0.717) is 6.54 Å². The van der Waals surface area contributed by atoms with Crippen molar-refractivity contribution in [2.24, 2.45) is 0 Å². The molecule has 0 heterocycles. The number of benzene rings is 2. The number of hydrogen-bond acceptors (Lipinski definition) is 5. The highest BCUT2D eigenvalue weighted by Crippen LogP contribution is 2.23. The summed E-state index contributed by atoms with van der Waals surface area (Å²) in [5.74, 6) is 0. The van der Waals surface area contributed by atoms with Crippen molar-refractivity contribution < 1.29 is 13.3 Å². The van der Waals surface area contributed by atoms with E-state index in [-0.39, 0.29) is 11.4 Å². The molecule has 0 amide bonds. The van der Waals surface area contributed by atoms with Gasteiger partial charge in [0.25, 0.3) is 5.69 Å². The first kappa shape index (κ1) is 17.1. The van der Waals surface area contributed by atoms with Crippen LogP contribution in [0.25, 0.3) is 0 Å². The highest BCUT2D eigenvalue weighted by atomic mass is 32.2. The van der Waals surface area contributed by atoms with E-state index in [2.05, 4.69) is 10.0 Å². The second-order valence-corrected chi connectivity index (χ2v) is 6.58. The van der Waals surface area contributed by atoms with Crippen LogP contribution in [-0.4, -0.2) is 20.4 Å². The van der Waals surface area contributed by atoms with Gasteiger partial charge in [-0.05, 0) is 24.2 Å². The molecule has 0 bridgehead atoms. The van der Waals surface area contributed by atoms with Crippen LogP contribution in [0.15, 0.2) is 53.4 Å². The Kier molecular flexibility index (Phi) is 5.43. The molecule has 122 valence electrons. The summed E-state index contributed by atoms with van der Waals surface area (Å²) >= 11 is 0. The SMILES string of the molecule is CNCc1ccccc1CNS(=O)(=O)c1ccccc1[N+](=O)[O-]. The minimum atomic E-state index is -3.98. The second kappa shape index (κ2) is 7.32. The van der Waals surface area contributed by atoms with E-state index in [4.69, 9.17) is 0 Å². The van der Waals surface area contributed by atoms with E-state index in [1.54, 1.807) is 7.05 Å². The van der Waals surface area contributed by atoms with Gasteiger partial charge in [0.1, 0.15) is 0 Å². The van der Waals surface area contributed by atoms with Gasteiger partial charge >= 0.3 is 0 Å². The van der Waals surface area contributed by atoms with E-state index in [0.717, 1.165) is 11.1 Å². The maximum absolute atomic E-state index is 12.4. The fourth-order valence-electron chi connectivity index (χ4n) is 2.18. The van der Waals surface area contributed by atoms with Crippen molar-refractivity contribution in [1.29, 1.82) is 0 Å². The van der Waals surface area contributed by atoms with Crippen LogP contribution in [-0.2, 0) is 23.1 Å². The molecule has 23 heavy (non-hydrogen) atoms. The van der Waals surface area contributed by atoms with E-state index >= 15 is 0 Å². The predicted octanol–water partition coefficient (Wildman–Crippen LogP) is 1.79. The normalized spacial score (nSPS) is 11.3. The third-order valence-corrected chi connectivity index (χ3v) is 4.74. The van der Waals surface area contributed by atoms with Crippen molar-refractivity contribution >= 4 is 15.7 Å². The van der Waals surface area contributed by atoms with Crippen LogP contribution in [0.3, 0.4) is 0 Å². The highest BCUT2D eigenvalue weighted by Gasteiger charge is 2.24. The fourth-order valence-corrected chi connectivity index (χ4v) is 3.36. The molecule has 8 heteroatoms. The Morgan fingerprint density at radius 2 is 1.57 bits per heavy atom. The molecule has 0 saturated carbocycles. The molecule has 2 aromatic rings. The molecule has 0 fully saturated rings. The fraction of sp³-hybridized carbons (Fsp3) is 0.200. The van der Waals surface area contributed by atoms with Gasteiger partial charge in [-0.15, -0.1) is 0 Å². The summed E-state index contributed by atoms with van der Waals surface area (Å²) in [5, 5.41) is 14.0. The van der Waals surface area contributed by atoms with Gasteiger partial charge in [0.15, 0.2) is 4.90 Å². The van der Waals surface area contributed by atoms with E-state index < -0.39 is 20.6 Å². The lowest BCUT2D eigenvalue weighted by molar-refractivity contribution is -0.387. The van der Waals surface area contributed by atoms with Crippen LogP contribution < -0.4 is 10.0 Å². The van der Waals surface area contributed by atoms with Gasteiger partial charge in [0, 0.05) is 19.2 Å². The van der Waals surface area contributed by atoms with Crippen molar-refractivity contribution in [3.63, 3.8) is 0 Å². The van der Waals surface area contributed by atoms with E-state index in [9.17, 15) is 18.5 Å². The molecule has 0 radical (unpaired) electrons. The second-order valence-electron chi connectivity index (χ2n) is 4.85. The first-order valence-corrected chi connectivity index (χ1v) is 8.38. The maximum atomic E-state index is 12.4. The number of nitro groups is 1. The molecule has 0 aliphatic carbocycles. The minimum Gasteiger partial charge on any atom is -0.316 e. The molecule has 0 aliphatic rings. The lowest BCUT2D eigenvalue weighted by Gasteiger charge is -2.11. The number of nitro benzene ring substituents is 1. The average molecular weight is 335 g/mol. The van der Waals surface area contributed by atoms with Crippen LogP contribution >= 0.6 is 0 Å². The molecular formula is C15H17N3O4S. The standard InChI is InChI=1S/C15H17N3O4S/c1-16-10-12-6-2-3-7-13(12)11-17-23(21,22)15-9-5-4-8-14(15)18(19)20/h2-9,16-17H,10-11H2,1H3. The van der Waals surface area contributed by atoms with Crippen LogP contribution in [0.5, 0.6) is 0 Å². The molecule has 0 atom stereocenters. The van der Waals surface area contributed by atoms with Gasteiger partial charge < -0.3 is 5.32 Å². The van der Waals surface area contributed by atoms with E-state index in [1.807, 2.05) is 24.3 Å². The van der Waals surface area contributed by atoms with Crippen LogP contribution in [0.2, 0.25) is 0 Å². The van der Waals surface area contributed by atoms with Crippen molar-refractivity contribution in [2.75, 3.05) is 7.05 Å². The lowest BCUT2D eigenvalue weighted by Crippen LogP contribution is -2.25. The molecule has 0 unspecified atom stereocenters. The number of hydrogen-bond donors (Lipinski definition) is 2. The summed E-state index contributed by atoms with van der Waals surface area (Å²) in [4.78, 5) is 9.95. The van der Waals surface area contributed by atoms with Gasteiger partial charge in [-0.3, -0.25) is 10.1 Å². The van der Waals surface area contributed by atoms with E-state index in [1.165, 1.54) is 24.3 Å². The topological polar surface area (TPSA) is 101 Å². The molecule has 2 N–H and O–H groups in total. The molecule has 0 saturated heterocycles. The van der Waals surface area contributed by atoms with Crippen molar-refractivity contribution in [3.8, 4) is 0 Å². The number of rotatable bonds is 7. The number of nitrogens with one attached hydrogen (secondary N) is 2. The summed E-state index contributed by atoms with van der Waals surface area (Å²) < 4.78 is 27.2. The Bertz CT molecular complexity index is 806. The summed E-state index contributed by atoms with van der Waals surface area (Å²) in [6.45, 7) is 0.662. The highest BCUT2D eigenvalue weighted by molar-refractivity contribution is 7.89. The molecule has 7 nitrogen and oxygen atoms in total. The molecular weight excluding hydrogens is 318 g/mol. The summed E-state index contributed by atoms with van der Waals surface area (Å²) in [6.07, 6.45) is 0. The maximum Gasteiger partial charge on any atom is 0.289 e. The Morgan fingerprint density at radius 3 is 2.17 bits per heavy atom. The number of nitrogens with zero attached hydrogens (tertiary/aromatic N) is 1. The first-order chi connectivity index (χ1) is 11.0. The first-order valence-electron chi connectivity index (χ1n) is 6.90. The Morgan fingerprint density at radius 1 is 1.00 bits per heavy atom. The molecule has 0 aliphatic heterocycles. The Balaban J connectivity index is 2.25. The Labute approximate surface area is 134 Å². The molecule has 2 aromatic carbocycles. The zero-order valence-electron chi connectivity index (χ0n) is 12.5. The van der Waals surface area contributed by atoms with Crippen LogP contribution in [0, 0.1) is 10.1 Å². The van der Waals surface area contributed by atoms with Gasteiger partial charge in [0.05, 0.1) is 4.92 Å². The predicted molar refractivity (Wildman–Crippen MR) is 86.3 cm³/mol. The summed E-state index contributed by atoms with van der Waals surface area (Å²) in [5.41, 5.74) is 1.33. The third kappa shape index (κ3) is 4.13. The number of sulfonamides is 1. The smallest absolute Gasteiger partial charge is 0.289 e. The zero-order chi connectivity index (χ0) is 16.9. The van der Waals surface area contributed by atoms with Crippen LogP contribution in [0.1, 0.15) is 11.1 Å². The molecule has 0 aromatic heterocycles. The van der Waals surface area contributed by atoms with Crippen LogP contribution in [0.4, 0.5) is 5.69 Å². The summed E-state index contributed by atoms with van der Waals surface area (Å²) in [7, 11) is -2.18. The van der Waals surface area contributed by atoms with Gasteiger partial charge in [-0.1, -0.05) is 36.4 Å². The van der Waals surface area contributed by atoms with Gasteiger partial charge in [0.2, 0.25) is 10.0 Å². The van der Waals surface area contributed by atoms with Crippen molar-refractivity contribution in [3.05, 3.63) is 69.8 Å². The average Bonchev–Trinajstić information content (AvgIpc) is 2.54. The summed E-state index contributed by atoms with van der Waals surface area (Å²) in [6, 6.07) is 12.7. The molecule has 0 spiro atoms. The quantitative estimate of drug-likeness (QED) is 0.593. The minimum absolute atomic E-state index is 0.0617. The third-order valence-electron chi connectivity index (χ3n) is 3.29. The largest absolute Gasteiger partial charge is 0.316 e. The Hall–Kier alpha value is -2.29. The van der Waals surface area contributed by atoms with Crippen molar-refractivity contribution in [2.45, 2.75) is 18.0 Å². The molecule has 2 rings (SSSR count). The van der Waals surface area contributed by atoms with Gasteiger partial charge in [-0.25, -0.2) is 13.1 Å². The monoisotopic (exact) mass is 335 g/mol.